The number of aliphatic hydroxyl groups is 1. The minimum Gasteiger partial charge on any atom is -0.477 e. The monoisotopic (exact) mass is 290 g/mol. The smallest absolute Gasteiger partial charge is 0.265 e. The van der Waals surface area contributed by atoms with Crippen LogP contribution in [0.15, 0.2) is 24.3 Å². The van der Waals surface area contributed by atoms with Crippen LogP contribution in [0.25, 0.3) is 0 Å². The molecule has 5 nitrogen and oxygen atoms in total. The zero-order chi connectivity index (χ0) is 14.7. The molecule has 1 unspecified atom stereocenters. The molecule has 0 saturated heterocycles. The van der Waals surface area contributed by atoms with E-state index in [4.69, 9.17) is 9.84 Å². The zero-order valence-electron chi connectivity index (χ0n) is 12.1. The molecule has 5 heteroatoms. The van der Waals surface area contributed by atoms with Crippen LogP contribution in [-0.4, -0.2) is 47.8 Å². The van der Waals surface area contributed by atoms with Gasteiger partial charge in [-0.15, -0.1) is 0 Å². The van der Waals surface area contributed by atoms with Crippen molar-refractivity contribution in [3.8, 4) is 5.75 Å². The van der Waals surface area contributed by atoms with Gasteiger partial charge < -0.3 is 20.1 Å². The molecule has 0 spiro atoms. The van der Waals surface area contributed by atoms with Crippen molar-refractivity contribution < 1.29 is 14.6 Å². The molecule has 1 fully saturated rings. The lowest BCUT2D eigenvalue weighted by Gasteiger charge is -2.40. The first-order chi connectivity index (χ1) is 10.3. The Morgan fingerprint density at radius 2 is 2.19 bits per heavy atom. The molecule has 2 aliphatic rings. The van der Waals surface area contributed by atoms with Crippen LogP contribution in [-0.2, 0) is 4.79 Å². The number of carbonyl (C=O) groups is 1. The molecule has 0 aromatic heterocycles. The number of hydrogen-bond acceptors (Lipinski definition) is 4. The molecule has 3 rings (SSSR count). The Morgan fingerprint density at radius 3 is 2.90 bits per heavy atom. The average molecular weight is 290 g/mol. The van der Waals surface area contributed by atoms with Gasteiger partial charge in [0.05, 0.1) is 12.2 Å². The molecular formula is C16H22N2O3. The third-order valence-electron chi connectivity index (χ3n) is 4.27. The summed E-state index contributed by atoms with van der Waals surface area (Å²) in [5.74, 6) is 0.771. The number of nitrogens with zero attached hydrogens (tertiary/aromatic N) is 1. The van der Waals surface area contributed by atoms with Crippen molar-refractivity contribution in [3.05, 3.63) is 24.3 Å². The summed E-state index contributed by atoms with van der Waals surface area (Å²) >= 11 is 0. The highest BCUT2D eigenvalue weighted by Gasteiger charge is 2.35. The largest absolute Gasteiger partial charge is 0.477 e. The summed E-state index contributed by atoms with van der Waals surface area (Å²) in [5, 5.41) is 12.3. The summed E-state index contributed by atoms with van der Waals surface area (Å²) in [7, 11) is 0. The highest BCUT2D eigenvalue weighted by Crippen LogP contribution is 2.30. The number of nitrogens with one attached hydrogen (secondary N) is 1. The van der Waals surface area contributed by atoms with E-state index in [1.165, 1.54) is 6.42 Å². The molecule has 2 N–H and O–H groups in total. The molecule has 21 heavy (non-hydrogen) atoms. The molecular weight excluding hydrogens is 268 g/mol. The molecule has 1 atom stereocenters. The summed E-state index contributed by atoms with van der Waals surface area (Å²) in [6, 6.07) is 8.00. The van der Waals surface area contributed by atoms with Gasteiger partial charge in [-0.1, -0.05) is 12.1 Å². The van der Waals surface area contributed by atoms with Crippen molar-refractivity contribution in [3.63, 3.8) is 0 Å². The molecule has 1 aromatic carbocycles. The van der Waals surface area contributed by atoms with E-state index in [1.54, 1.807) is 0 Å². The minimum atomic E-state index is -0.473. The van der Waals surface area contributed by atoms with Crippen molar-refractivity contribution in [2.45, 2.75) is 37.8 Å². The molecule has 1 amide bonds. The predicted molar refractivity (Wildman–Crippen MR) is 80.4 cm³/mol. The van der Waals surface area contributed by atoms with Crippen LogP contribution in [0.5, 0.6) is 5.75 Å². The molecule has 1 aromatic rings. The number of carbonyl (C=O) groups excluding carboxylic acids is 1. The summed E-state index contributed by atoms with van der Waals surface area (Å²) < 4.78 is 5.86. The topological polar surface area (TPSA) is 61.8 Å². The van der Waals surface area contributed by atoms with Gasteiger partial charge in [-0.25, -0.2) is 0 Å². The van der Waals surface area contributed by atoms with Gasteiger partial charge in [0.15, 0.2) is 6.10 Å². The van der Waals surface area contributed by atoms with Crippen LogP contribution in [0.1, 0.15) is 25.7 Å². The van der Waals surface area contributed by atoms with Gasteiger partial charge in [0.25, 0.3) is 5.91 Å². The normalized spacial score (nSPS) is 20.7. The van der Waals surface area contributed by atoms with Gasteiger partial charge in [-0.05, 0) is 37.8 Å². The summed E-state index contributed by atoms with van der Waals surface area (Å²) in [6.07, 6.45) is 3.46. The van der Waals surface area contributed by atoms with Crippen LogP contribution < -0.4 is 10.1 Å². The second-order valence-electron chi connectivity index (χ2n) is 5.68. The molecule has 0 bridgehead atoms. The van der Waals surface area contributed by atoms with Gasteiger partial charge in [-0.3, -0.25) is 4.79 Å². The predicted octanol–water partition coefficient (Wildman–Crippen LogP) is 1.62. The van der Waals surface area contributed by atoms with Gasteiger partial charge in [0.2, 0.25) is 0 Å². The van der Waals surface area contributed by atoms with Crippen molar-refractivity contribution in [2.24, 2.45) is 0 Å². The van der Waals surface area contributed by atoms with E-state index in [2.05, 4.69) is 5.32 Å². The second-order valence-corrected chi connectivity index (χ2v) is 5.68. The molecule has 114 valence electrons. The third-order valence-corrected chi connectivity index (χ3v) is 4.27. The van der Waals surface area contributed by atoms with Gasteiger partial charge in [-0.2, -0.15) is 0 Å². The fourth-order valence-electron chi connectivity index (χ4n) is 2.85. The lowest BCUT2D eigenvalue weighted by Crippen LogP contribution is -2.53. The van der Waals surface area contributed by atoms with E-state index in [-0.39, 0.29) is 12.5 Å². The number of amides is 1. The first-order valence-electron chi connectivity index (χ1n) is 7.70. The summed E-state index contributed by atoms with van der Waals surface area (Å²) in [6.45, 7) is 1.23. The number of para-hydroxylation sites is 2. The Morgan fingerprint density at radius 1 is 1.38 bits per heavy atom. The fraction of sp³-hybridized carbons (Fsp3) is 0.562. The number of fused-ring (bicyclic) bond motifs is 1. The lowest BCUT2D eigenvalue weighted by atomic mass is 9.91. The first-order valence-corrected chi connectivity index (χ1v) is 7.70. The maximum Gasteiger partial charge on any atom is 0.265 e. The van der Waals surface area contributed by atoms with Crippen molar-refractivity contribution in [1.82, 2.24) is 4.90 Å². The van der Waals surface area contributed by atoms with Crippen LogP contribution in [0.4, 0.5) is 5.69 Å². The van der Waals surface area contributed by atoms with E-state index in [0.717, 1.165) is 24.3 Å². The van der Waals surface area contributed by atoms with Crippen LogP contribution in [0, 0.1) is 0 Å². The Kier molecular flexibility index (Phi) is 4.29. The van der Waals surface area contributed by atoms with Gasteiger partial charge in [0, 0.05) is 19.2 Å². The molecule has 1 heterocycles. The fourth-order valence-corrected chi connectivity index (χ4v) is 2.85. The van der Waals surface area contributed by atoms with Crippen LogP contribution >= 0.6 is 0 Å². The number of anilines is 1. The minimum absolute atomic E-state index is 0.0372. The molecule has 1 saturated carbocycles. The lowest BCUT2D eigenvalue weighted by molar-refractivity contribution is -0.142. The highest BCUT2D eigenvalue weighted by atomic mass is 16.5. The van der Waals surface area contributed by atoms with Crippen molar-refractivity contribution >= 4 is 11.6 Å². The van der Waals surface area contributed by atoms with Gasteiger partial charge >= 0.3 is 0 Å². The van der Waals surface area contributed by atoms with Gasteiger partial charge in [0.1, 0.15) is 5.75 Å². The number of rotatable bonds is 5. The Bertz CT molecular complexity index is 502. The van der Waals surface area contributed by atoms with Crippen molar-refractivity contribution in [2.75, 3.05) is 25.0 Å². The number of benzene rings is 1. The van der Waals surface area contributed by atoms with Crippen molar-refractivity contribution in [1.29, 1.82) is 0 Å². The summed E-state index contributed by atoms with van der Waals surface area (Å²) in [5.41, 5.74) is 0.937. The molecule has 0 radical (unpaired) electrons. The first kappa shape index (κ1) is 14.2. The second kappa shape index (κ2) is 6.35. The number of ether oxygens (including phenoxy) is 1. The average Bonchev–Trinajstić information content (AvgIpc) is 2.48. The number of hydrogen-bond donors (Lipinski definition) is 2. The van der Waals surface area contributed by atoms with E-state index in [0.29, 0.717) is 25.6 Å². The Hall–Kier alpha value is -1.75. The van der Waals surface area contributed by atoms with E-state index in [1.807, 2.05) is 29.2 Å². The third kappa shape index (κ3) is 2.97. The molecule has 1 aliphatic heterocycles. The van der Waals surface area contributed by atoms with E-state index < -0.39 is 6.10 Å². The maximum absolute atomic E-state index is 12.7. The van der Waals surface area contributed by atoms with Crippen LogP contribution in [0.3, 0.4) is 0 Å². The molecule has 1 aliphatic carbocycles. The number of aliphatic hydroxyl groups excluding tert-OH is 1. The van der Waals surface area contributed by atoms with E-state index >= 15 is 0 Å². The Balaban J connectivity index is 1.68. The maximum atomic E-state index is 12.7. The zero-order valence-corrected chi connectivity index (χ0v) is 12.1. The van der Waals surface area contributed by atoms with Crippen LogP contribution in [0.2, 0.25) is 0 Å². The Labute approximate surface area is 124 Å². The standard InChI is InChI=1S/C16H22N2O3/c19-10-4-9-18(12-5-3-6-12)16(20)15-11-17-13-7-1-2-8-14(13)21-15/h1-2,7-8,12,15,17,19H,3-6,9-11H2. The summed E-state index contributed by atoms with van der Waals surface area (Å²) in [4.78, 5) is 14.6. The highest BCUT2D eigenvalue weighted by molar-refractivity contribution is 5.83. The SMILES string of the molecule is O=C(C1CNc2ccccc2O1)N(CCCO)C1CCC1. The quantitative estimate of drug-likeness (QED) is 0.865. The van der Waals surface area contributed by atoms with E-state index in [9.17, 15) is 4.79 Å².